The molecule has 3 heterocycles. The van der Waals surface area contributed by atoms with Crippen molar-refractivity contribution in [3.63, 3.8) is 0 Å². The molecule has 2 aliphatic heterocycles. The number of pyridine rings is 1. The van der Waals surface area contributed by atoms with Gasteiger partial charge in [0.15, 0.2) is 6.29 Å². The SMILES string of the molecule is [C-]#[N+]c1ccc(N2CC3(CCN(c4ccc(C=O)cn4)CC3)C[C@@H]2C)cc1Cl. The van der Waals surface area contributed by atoms with Gasteiger partial charge in [-0.1, -0.05) is 17.7 Å². The highest BCUT2D eigenvalue weighted by Gasteiger charge is 2.44. The summed E-state index contributed by atoms with van der Waals surface area (Å²) in [6.45, 7) is 12.4. The molecule has 144 valence electrons. The van der Waals surface area contributed by atoms with Crippen LogP contribution in [0.25, 0.3) is 4.85 Å². The van der Waals surface area contributed by atoms with Crippen molar-refractivity contribution in [2.75, 3.05) is 29.4 Å². The number of anilines is 2. The first-order chi connectivity index (χ1) is 13.5. The Morgan fingerprint density at radius 1 is 1.29 bits per heavy atom. The predicted octanol–water partition coefficient (Wildman–Crippen LogP) is 4.98. The van der Waals surface area contributed by atoms with Crippen molar-refractivity contribution < 1.29 is 4.79 Å². The Hall–Kier alpha value is -2.58. The van der Waals surface area contributed by atoms with Crippen LogP contribution in [0.4, 0.5) is 17.2 Å². The van der Waals surface area contributed by atoms with Crippen molar-refractivity contribution in [1.29, 1.82) is 0 Å². The quantitative estimate of drug-likeness (QED) is 0.543. The van der Waals surface area contributed by atoms with Crippen molar-refractivity contribution in [2.45, 2.75) is 32.2 Å². The van der Waals surface area contributed by atoms with E-state index in [2.05, 4.69) is 26.6 Å². The predicted molar refractivity (Wildman–Crippen MR) is 113 cm³/mol. The van der Waals surface area contributed by atoms with E-state index in [1.807, 2.05) is 30.3 Å². The monoisotopic (exact) mass is 394 g/mol. The molecule has 2 fully saturated rings. The fourth-order valence-electron chi connectivity index (χ4n) is 4.66. The zero-order valence-electron chi connectivity index (χ0n) is 15.9. The van der Waals surface area contributed by atoms with E-state index < -0.39 is 0 Å². The number of carbonyl (C=O) groups excluding carboxylic acids is 1. The standard InChI is InChI=1S/C22H23ClN4O/c1-16-12-22(15-27(16)18-4-5-20(24-2)19(23)11-18)7-9-26(10-8-22)21-6-3-17(14-28)13-25-21/h3-6,11,13-14,16H,7-10,12,15H2,1H3/t16-/m0/s1. The number of carbonyl (C=O) groups is 1. The molecule has 28 heavy (non-hydrogen) atoms. The highest BCUT2D eigenvalue weighted by Crippen LogP contribution is 2.46. The number of benzene rings is 1. The van der Waals surface area contributed by atoms with E-state index in [-0.39, 0.29) is 0 Å². The number of nitrogens with zero attached hydrogens (tertiary/aromatic N) is 4. The van der Waals surface area contributed by atoms with Crippen LogP contribution in [0, 0.1) is 12.0 Å². The highest BCUT2D eigenvalue weighted by atomic mass is 35.5. The van der Waals surface area contributed by atoms with Crippen LogP contribution in [0.2, 0.25) is 5.02 Å². The van der Waals surface area contributed by atoms with Crippen LogP contribution in [0.5, 0.6) is 0 Å². The molecule has 0 N–H and O–H groups in total. The van der Waals surface area contributed by atoms with Gasteiger partial charge in [-0.3, -0.25) is 4.79 Å². The Morgan fingerprint density at radius 3 is 2.68 bits per heavy atom. The lowest BCUT2D eigenvalue weighted by atomic mass is 9.77. The molecule has 2 aromatic rings. The van der Waals surface area contributed by atoms with Gasteiger partial charge in [0.25, 0.3) is 0 Å². The molecule has 2 saturated heterocycles. The van der Waals surface area contributed by atoms with E-state index in [0.29, 0.717) is 27.7 Å². The van der Waals surface area contributed by atoms with Crippen molar-refractivity contribution in [3.05, 3.63) is 58.5 Å². The number of rotatable bonds is 3. The molecule has 6 heteroatoms. The van der Waals surface area contributed by atoms with Crippen LogP contribution in [-0.4, -0.2) is 36.9 Å². The third-order valence-electron chi connectivity index (χ3n) is 6.20. The minimum atomic E-state index is 0.309. The topological polar surface area (TPSA) is 40.8 Å². The second-order valence-corrected chi connectivity index (χ2v) is 8.39. The summed E-state index contributed by atoms with van der Waals surface area (Å²) >= 11 is 6.27. The number of halogens is 1. The lowest BCUT2D eigenvalue weighted by Crippen LogP contribution is -2.42. The molecule has 0 amide bonds. The third-order valence-corrected chi connectivity index (χ3v) is 6.51. The lowest BCUT2D eigenvalue weighted by molar-refractivity contribution is 0.112. The molecule has 4 rings (SSSR count). The van der Waals surface area contributed by atoms with Crippen LogP contribution < -0.4 is 9.80 Å². The minimum absolute atomic E-state index is 0.309. The average molecular weight is 395 g/mol. The third kappa shape index (κ3) is 3.45. The molecule has 0 saturated carbocycles. The molecule has 0 radical (unpaired) electrons. The molecule has 1 aromatic carbocycles. The molecule has 1 spiro atoms. The molecular weight excluding hydrogens is 372 g/mol. The van der Waals surface area contributed by atoms with Crippen LogP contribution >= 0.6 is 11.6 Å². The van der Waals surface area contributed by atoms with E-state index in [0.717, 1.165) is 50.3 Å². The summed E-state index contributed by atoms with van der Waals surface area (Å²) in [5.74, 6) is 0.949. The van der Waals surface area contributed by atoms with Crippen molar-refractivity contribution in [1.82, 2.24) is 4.98 Å². The number of aldehydes is 1. The van der Waals surface area contributed by atoms with Gasteiger partial charge in [0.05, 0.1) is 6.57 Å². The van der Waals surface area contributed by atoms with E-state index >= 15 is 0 Å². The van der Waals surface area contributed by atoms with E-state index in [4.69, 9.17) is 18.2 Å². The molecule has 1 aromatic heterocycles. The Morgan fingerprint density at radius 2 is 2.07 bits per heavy atom. The van der Waals surface area contributed by atoms with E-state index in [9.17, 15) is 4.79 Å². The minimum Gasteiger partial charge on any atom is -0.368 e. The summed E-state index contributed by atoms with van der Waals surface area (Å²) in [5, 5.41) is 0.528. The van der Waals surface area contributed by atoms with Crippen molar-refractivity contribution >= 4 is 35.1 Å². The first-order valence-corrected chi connectivity index (χ1v) is 10.0. The second kappa shape index (κ2) is 7.44. The summed E-state index contributed by atoms with van der Waals surface area (Å²) in [6.07, 6.45) is 5.88. The maximum Gasteiger partial charge on any atom is 0.205 e. The number of piperidine rings is 1. The summed E-state index contributed by atoms with van der Waals surface area (Å²) < 4.78 is 0. The van der Waals surface area contributed by atoms with Crippen LogP contribution in [-0.2, 0) is 0 Å². The smallest absolute Gasteiger partial charge is 0.205 e. The summed E-state index contributed by atoms with van der Waals surface area (Å²) in [5.41, 5.74) is 2.54. The van der Waals surface area contributed by atoms with E-state index in [1.54, 1.807) is 6.20 Å². The van der Waals surface area contributed by atoms with Gasteiger partial charge in [-0.25, -0.2) is 9.83 Å². The van der Waals surface area contributed by atoms with Crippen LogP contribution in [0.1, 0.15) is 36.5 Å². The van der Waals surface area contributed by atoms with Crippen molar-refractivity contribution in [2.24, 2.45) is 5.41 Å². The number of hydrogen-bond acceptors (Lipinski definition) is 4. The fourth-order valence-corrected chi connectivity index (χ4v) is 4.87. The molecule has 5 nitrogen and oxygen atoms in total. The van der Waals surface area contributed by atoms with Gasteiger partial charge < -0.3 is 9.80 Å². The normalized spacial score (nSPS) is 21.0. The molecular formula is C22H23ClN4O. The lowest BCUT2D eigenvalue weighted by Gasteiger charge is -2.40. The first-order valence-electron chi connectivity index (χ1n) is 9.63. The van der Waals surface area contributed by atoms with E-state index in [1.165, 1.54) is 6.42 Å². The maximum absolute atomic E-state index is 10.8. The highest BCUT2D eigenvalue weighted by molar-refractivity contribution is 6.33. The summed E-state index contributed by atoms with van der Waals surface area (Å²) in [7, 11) is 0. The average Bonchev–Trinajstić information content (AvgIpc) is 3.04. The van der Waals surface area contributed by atoms with Gasteiger partial charge in [0, 0.05) is 48.1 Å². The number of hydrogen-bond donors (Lipinski definition) is 0. The summed E-state index contributed by atoms with van der Waals surface area (Å²) in [6, 6.07) is 9.98. The molecule has 1 atom stereocenters. The Bertz CT molecular complexity index is 913. The Labute approximate surface area is 170 Å². The van der Waals surface area contributed by atoms with Gasteiger partial charge in [0.2, 0.25) is 5.69 Å². The maximum atomic E-state index is 10.8. The van der Waals surface area contributed by atoms with Gasteiger partial charge in [-0.15, -0.1) is 0 Å². The second-order valence-electron chi connectivity index (χ2n) is 7.98. The van der Waals surface area contributed by atoms with Crippen LogP contribution in [0.3, 0.4) is 0 Å². The Kier molecular flexibility index (Phi) is 4.99. The first kappa shape index (κ1) is 18.8. The fraction of sp³-hybridized carbons (Fsp3) is 0.409. The summed E-state index contributed by atoms with van der Waals surface area (Å²) in [4.78, 5) is 23.5. The molecule has 0 aliphatic carbocycles. The van der Waals surface area contributed by atoms with Gasteiger partial charge >= 0.3 is 0 Å². The molecule has 0 bridgehead atoms. The zero-order valence-corrected chi connectivity index (χ0v) is 16.7. The Balaban J connectivity index is 1.45. The van der Waals surface area contributed by atoms with Crippen LogP contribution in [0.15, 0.2) is 36.5 Å². The van der Waals surface area contributed by atoms with Gasteiger partial charge in [-0.05, 0) is 55.9 Å². The van der Waals surface area contributed by atoms with Gasteiger partial charge in [0.1, 0.15) is 5.82 Å². The van der Waals surface area contributed by atoms with Gasteiger partial charge in [-0.2, -0.15) is 0 Å². The molecule has 2 aliphatic rings. The zero-order chi connectivity index (χ0) is 19.7. The molecule has 0 unspecified atom stereocenters. The van der Waals surface area contributed by atoms with Crippen molar-refractivity contribution in [3.8, 4) is 0 Å². The largest absolute Gasteiger partial charge is 0.368 e. The number of aromatic nitrogens is 1.